The Labute approximate surface area is 135 Å². The van der Waals surface area contributed by atoms with Gasteiger partial charge in [0, 0.05) is 5.56 Å². The molecule has 124 valence electrons. The maximum Gasteiger partial charge on any atom is 0.200 e. The summed E-state index contributed by atoms with van der Waals surface area (Å²) in [4.78, 5) is 0. The van der Waals surface area contributed by atoms with Crippen molar-refractivity contribution in [1.29, 1.82) is 0 Å². The summed E-state index contributed by atoms with van der Waals surface area (Å²) < 4.78 is 6.56. The number of rotatable bonds is 7. The molecular formula is C17H30N2O2Si. The van der Waals surface area contributed by atoms with Crippen LogP contribution in [0.2, 0.25) is 16.6 Å². The van der Waals surface area contributed by atoms with Gasteiger partial charge in [-0.3, -0.25) is 0 Å². The van der Waals surface area contributed by atoms with Gasteiger partial charge in [-0.25, -0.2) is 0 Å². The van der Waals surface area contributed by atoms with E-state index in [0.29, 0.717) is 23.2 Å². The van der Waals surface area contributed by atoms with Crippen LogP contribution in [0.15, 0.2) is 29.4 Å². The van der Waals surface area contributed by atoms with Gasteiger partial charge in [-0.05, 0) is 28.3 Å². The first-order chi connectivity index (χ1) is 10.3. The van der Waals surface area contributed by atoms with Crippen LogP contribution in [0.25, 0.3) is 0 Å². The molecule has 0 fully saturated rings. The van der Waals surface area contributed by atoms with Gasteiger partial charge in [0.25, 0.3) is 0 Å². The van der Waals surface area contributed by atoms with E-state index in [0.717, 1.165) is 11.1 Å². The molecule has 5 heteroatoms. The monoisotopic (exact) mass is 322 g/mol. The number of oxime groups is 1. The molecule has 0 aliphatic heterocycles. The minimum absolute atomic E-state index is 0.127. The third-order valence-electron chi connectivity index (χ3n) is 4.53. The molecule has 0 amide bonds. The lowest BCUT2D eigenvalue weighted by atomic mass is 10.1. The van der Waals surface area contributed by atoms with E-state index < -0.39 is 8.32 Å². The van der Waals surface area contributed by atoms with Crippen LogP contribution in [0.1, 0.15) is 52.7 Å². The Morgan fingerprint density at radius 3 is 2.14 bits per heavy atom. The minimum Gasteiger partial charge on any atom is -0.412 e. The highest BCUT2D eigenvalue weighted by atomic mass is 28.4. The van der Waals surface area contributed by atoms with E-state index in [-0.39, 0.29) is 5.84 Å². The molecule has 1 aromatic rings. The second-order valence-corrected chi connectivity index (χ2v) is 12.3. The highest BCUT2D eigenvalue weighted by Gasteiger charge is 2.44. The fourth-order valence-corrected chi connectivity index (χ4v) is 9.00. The van der Waals surface area contributed by atoms with Crippen molar-refractivity contribution in [1.82, 2.24) is 0 Å². The number of hydrogen-bond donors (Lipinski definition) is 2. The molecule has 0 radical (unpaired) electrons. The molecular weight excluding hydrogens is 292 g/mol. The first kappa shape index (κ1) is 18.7. The normalized spacial score (nSPS) is 13.4. The maximum atomic E-state index is 8.80. The maximum absolute atomic E-state index is 8.80. The molecule has 1 rings (SSSR count). The summed E-state index contributed by atoms with van der Waals surface area (Å²) in [7, 11) is -1.87. The van der Waals surface area contributed by atoms with Crippen molar-refractivity contribution in [3.05, 3.63) is 35.4 Å². The van der Waals surface area contributed by atoms with E-state index in [1.54, 1.807) is 0 Å². The van der Waals surface area contributed by atoms with E-state index in [1.165, 1.54) is 0 Å². The Bertz CT molecular complexity index is 491. The molecule has 0 aliphatic rings. The summed E-state index contributed by atoms with van der Waals surface area (Å²) in [6.45, 7) is 14.2. The minimum atomic E-state index is -1.87. The van der Waals surface area contributed by atoms with Crippen molar-refractivity contribution in [2.45, 2.75) is 64.8 Å². The van der Waals surface area contributed by atoms with E-state index >= 15 is 0 Å². The molecule has 0 spiro atoms. The first-order valence-electron chi connectivity index (χ1n) is 7.96. The fraction of sp³-hybridized carbons (Fsp3) is 0.588. The Morgan fingerprint density at radius 2 is 1.68 bits per heavy atom. The van der Waals surface area contributed by atoms with Gasteiger partial charge in [-0.15, -0.1) is 0 Å². The second-order valence-electron chi connectivity index (χ2n) is 6.79. The topological polar surface area (TPSA) is 67.8 Å². The average molecular weight is 323 g/mol. The van der Waals surface area contributed by atoms with Crippen molar-refractivity contribution >= 4 is 14.2 Å². The quantitative estimate of drug-likeness (QED) is 0.256. The van der Waals surface area contributed by atoms with E-state index in [2.05, 4.69) is 46.7 Å². The molecule has 0 aliphatic carbocycles. The predicted molar refractivity (Wildman–Crippen MR) is 94.8 cm³/mol. The molecule has 1 aromatic carbocycles. The predicted octanol–water partition coefficient (Wildman–Crippen LogP) is 4.47. The highest BCUT2D eigenvalue weighted by Crippen LogP contribution is 2.42. The van der Waals surface area contributed by atoms with Gasteiger partial charge in [0.1, 0.15) is 0 Å². The standard InChI is InChI=1S/C17H30N2O2Si/c1-12(2)22(13(3)4,14(5)6)21-11-15-8-7-9-16(10-15)17(18)19-20/h7-10,12-14,20H,11H2,1-6H3,(H2,18,19). The summed E-state index contributed by atoms with van der Waals surface area (Å²) in [5, 5.41) is 11.9. The van der Waals surface area contributed by atoms with Crippen LogP contribution < -0.4 is 5.73 Å². The highest BCUT2D eigenvalue weighted by molar-refractivity contribution is 6.77. The summed E-state index contributed by atoms with van der Waals surface area (Å²) in [5.74, 6) is 0.127. The number of hydrogen-bond acceptors (Lipinski definition) is 3. The van der Waals surface area contributed by atoms with Crippen molar-refractivity contribution < 1.29 is 9.63 Å². The van der Waals surface area contributed by atoms with Crippen molar-refractivity contribution in [2.24, 2.45) is 10.9 Å². The van der Waals surface area contributed by atoms with E-state index in [4.69, 9.17) is 15.4 Å². The van der Waals surface area contributed by atoms with Crippen molar-refractivity contribution in [3.63, 3.8) is 0 Å². The Kier molecular flexibility index (Phi) is 6.62. The van der Waals surface area contributed by atoms with Gasteiger partial charge in [0.05, 0.1) is 6.61 Å². The molecule has 0 saturated heterocycles. The van der Waals surface area contributed by atoms with E-state index in [9.17, 15) is 0 Å². The van der Waals surface area contributed by atoms with Gasteiger partial charge in [0.15, 0.2) is 5.84 Å². The fourth-order valence-electron chi connectivity index (χ4n) is 3.59. The lowest BCUT2D eigenvalue weighted by Crippen LogP contribution is -2.47. The van der Waals surface area contributed by atoms with Crippen LogP contribution >= 0.6 is 0 Å². The van der Waals surface area contributed by atoms with Crippen molar-refractivity contribution in [2.75, 3.05) is 0 Å². The number of nitrogens with zero attached hydrogens (tertiary/aromatic N) is 1. The zero-order valence-corrected chi connectivity index (χ0v) is 15.6. The summed E-state index contributed by atoms with van der Waals surface area (Å²) in [6, 6.07) is 7.69. The molecule has 0 atom stereocenters. The molecule has 3 N–H and O–H groups in total. The van der Waals surface area contributed by atoms with Crippen LogP contribution in [-0.4, -0.2) is 19.4 Å². The van der Waals surface area contributed by atoms with Gasteiger partial charge in [0.2, 0.25) is 8.32 Å². The SMILES string of the molecule is CC(C)[Si](OCc1cccc(C(N)=NO)c1)(C(C)C)C(C)C. The Hall–Kier alpha value is -1.33. The van der Waals surface area contributed by atoms with E-state index in [1.807, 2.05) is 24.3 Å². The largest absolute Gasteiger partial charge is 0.412 e. The van der Waals surface area contributed by atoms with Crippen LogP contribution in [0, 0.1) is 0 Å². The van der Waals surface area contributed by atoms with Gasteiger partial charge in [-0.2, -0.15) is 0 Å². The summed E-state index contributed by atoms with van der Waals surface area (Å²) in [6.07, 6.45) is 0. The van der Waals surface area contributed by atoms with Gasteiger partial charge >= 0.3 is 0 Å². The first-order valence-corrected chi connectivity index (χ1v) is 10.1. The molecule has 0 bridgehead atoms. The third kappa shape index (κ3) is 3.90. The zero-order valence-electron chi connectivity index (χ0n) is 14.6. The lowest BCUT2D eigenvalue weighted by molar-refractivity contribution is 0.266. The molecule has 22 heavy (non-hydrogen) atoms. The van der Waals surface area contributed by atoms with Crippen LogP contribution in [0.5, 0.6) is 0 Å². The zero-order chi connectivity index (χ0) is 16.9. The molecule has 0 aromatic heterocycles. The Morgan fingerprint density at radius 1 is 1.14 bits per heavy atom. The molecule has 0 saturated carbocycles. The number of amidine groups is 1. The summed E-state index contributed by atoms with van der Waals surface area (Å²) in [5.41, 5.74) is 9.10. The van der Waals surface area contributed by atoms with Crippen LogP contribution in [0.3, 0.4) is 0 Å². The average Bonchev–Trinajstić information content (AvgIpc) is 2.46. The summed E-state index contributed by atoms with van der Waals surface area (Å²) >= 11 is 0. The lowest BCUT2D eigenvalue weighted by Gasteiger charge is -2.42. The molecule has 4 nitrogen and oxygen atoms in total. The van der Waals surface area contributed by atoms with Crippen LogP contribution in [-0.2, 0) is 11.0 Å². The van der Waals surface area contributed by atoms with Gasteiger partial charge < -0.3 is 15.4 Å². The molecule has 0 unspecified atom stereocenters. The Balaban J connectivity index is 2.99. The van der Waals surface area contributed by atoms with Crippen molar-refractivity contribution in [3.8, 4) is 0 Å². The number of benzene rings is 1. The smallest absolute Gasteiger partial charge is 0.200 e. The second kappa shape index (κ2) is 7.79. The third-order valence-corrected chi connectivity index (χ3v) is 10.6. The van der Waals surface area contributed by atoms with Gasteiger partial charge in [-0.1, -0.05) is 64.9 Å². The van der Waals surface area contributed by atoms with Crippen LogP contribution in [0.4, 0.5) is 0 Å². The number of nitrogens with two attached hydrogens (primary N) is 1. The molecule has 0 heterocycles.